The van der Waals surface area contributed by atoms with E-state index in [1.54, 1.807) is 24.3 Å². The molecule has 3 aromatic rings. The molecule has 0 aliphatic carbocycles. The molecule has 8 nitrogen and oxygen atoms in total. The minimum Gasteiger partial charge on any atom is -0.497 e. The lowest BCUT2D eigenvalue weighted by Gasteiger charge is -2.25. The number of amides is 1. The van der Waals surface area contributed by atoms with E-state index in [1.165, 1.54) is 38.6 Å². The predicted molar refractivity (Wildman–Crippen MR) is 135 cm³/mol. The van der Waals surface area contributed by atoms with E-state index in [0.29, 0.717) is 5.75 Å². The van der Waals surface area contributed by atoms with Crippen LogP contribution in [0.4, 0.5) is 5.69 Å². The number of sulfonamides is 1. The molecule has 0 fully saturated rings. The van der Waals surface area contributed by atoms with Crippen LogP contribution in [0.25, 0.3) is 0 Å². The van der Waals surface area contributed by atoms with Gasteiger partial charge in [-0.3, -0.25) is 9.10 Å². The number of anilines is 1. The van der Waals surface area contributed by atoms with Crippen molar-refractivity contribution >= 4 is 43.8 Å². The van der Waals surface area contributed by atoms with Gasteiger partial charge in [0.25, 0.3) is 15.9 Å². The summed E-state index contributed by atoms with van der Waals surface area (Å²) >= 11 is 3.35. The van der Waals surface area contributed by atoms with Crippen molar-refractivity contribution in [2.75, 3.05) is 25.1 Å². The molecule has 34 heavy (non-hydrogen) atoms. The Morgan fingerprint density at radius 2 is 1.71 bits per heavy atom. The van der Waals surface area contributed by atoms with Crippen molar-refractivity contribution in [1.82, 2.24) is 5.43 Å². The number of hydrazone groups is 1. The molecule has 3 aromatic carbocycles. The fraction of sp³-hybridized carbons (Fsp3) is 0.167. The van der Waals surface area contributed by atoms with Crippen LogP contribution in [0.15, 0.2) is 81.2 Å². The summed E-state index contributed by atoms with van der Waals surface area (Å²) in [7, 11) is -1.20. The molecular weight excluding hydrogens is 522 g/mol. The van der Waals surface area contributed by atoms with Crippen molar-refractivity contribution in [3.8, 4) is 11.5 Å². The molecular formula is C24H24BrN3O5S. The SMILES string of the molecule is COc1ccc(N(CC(=O)N/N=C\c2ccc(Br)cc2)S(=O)(=O)c2ccc(C)cc2)c(OC)c1. The third-order valence-corrected chi connectivity index (χ3v) is 7.13. The van der Waals surface area contributed by atoms with Gasteiger partial charge in [-0.15, -0.1) is 0 Å². The van der Waals surface area contributed by atoms with E-state index < -0.39 is 22.5 Å². The highest BCUT2D eigenvalue weighted by atomic mass is 79.9. The minimum atomic E-state index is -4.11. The van der Waals surface area contributed by atoms with Gasteiger partial charge in [0.2, 0.25) is 0 Å². The van der Waals surface area contributed by atoms with Crippen molar-refractivity contribution in [3.63, 3.8) is 0 Å². The third kappa shape index (κ3) is 6.15. The Morgan fingerprint density at radius 1 is 1.03 bits per heavy atom. The van der Waals surface area contributed by atoms with Gasteiger partial charge in [0, 0.05) is 10.5 Å². The van der Waals surface area contributed by atoms with Gasteiger partial charge >= 0.3 is 0 Å². The first kappa shape index (κ1) is 25.3. The fourth-order valence-corrected chi connectivity index (χ4v) is 4.72. The number of halogens is 1. The molecule has 0 aromatic heterocycles. The predicted octanol–water partition coefficient (Wildman–Crippen LogP) is 4.12. The molecule has 1 amide bonds. The Kier molecular flexibility index (Phi) is 8.30. The lowest BCUT2D eigenvalue weighted by molar-refractivity contribution is -0.119. The summed E-state index contributed by atoms with van der Waals surface area (Å²) in [5, 5.41) is 3.94. The van der Waals surface area contributed by atoms with Crippen LogP contribution in [0.2, 0.25) is 0 Å². The van der Waals surface area contributed by atoms with Crippen molar-refractivity contribution in [2.24, 2.45) is 5.10 Å². The quantitative estimate of drug-likeness (QED) is 0.322. The van der Waals surface area contributed by atoms with E-state index in [4.69, 9.17) is 9.47 Å². The van der Waals surface area contributed by atoms with Gasteiger partial charge in [-0.25, -0.2) is 13.8 Å². The number of aryl methyl sites for hydroxylation is 1. The number of methoxy groups -OCH3 is 2. The number of carbonyl (C=O) groups excluding carboxylic acids is 1. The highest BCUT2D eigenvalue weighted by Crippen LogP contribution is 2.35. The first-order valence-electron chi connectivity index (χ1n) is 10.1. The Hall–Kier alpha value is -3.37. The molecule has 0 aliphatic rings. The van der Waals surface area contributed by atoms with E-state index >= 15 is 0 Å². The zero-order chi connectivity index (χ0) is 24.7. The Bertz CT molecular complexity index is 1280. The van der Waals surface area contributed by atoms with Crippen LogP contribution in [0.3, 0.4) is 0 Å². The first-order valence-corrected chi connectivity index (χ1v) is 12.4. The van der Waals surface area contributed by atoms with Crippen LogP contribution >= 0.6 is 15.9 Å². The van der Waals surface area contributed by atoms with Crippen molar-refractivity contribution < 1.29 is 22.7 Å². The molecule has 0 spiro atoms. The summed E-state index contributed by atoms with van der Waals surface area (Å²) in [6.07, 6.45) is 1.47. The zero-order valence-corrected chi connectivity index (χ0v) is 21.3. The Morgan fingerprint density at radius 3 is 2.32 bits per heavy atom. The molecule has 0 atom stereocenters. The largest absolute Gasteiger partial charge is 0.497 e. The molecule has 1 N–H and O–H groups in total. The minimum absolute atomic E-state index is 0.0436. The third-order valence-electron chi connectivity index (χ3n) is 4.82. The highest BCUT2D eigenvalue weighted by Gasteiger charge is 2.29. The summed E-state index contributed by atoms with van der Waals surface area (Å²) in [5.74, 6) is 0.0972. The average Bonchev–Trinajstić information content (AvgIpc) is 2.83. The number of carbonyl (C=O) groups is 1. The van der Waals surface area contributed by atoms with Gasteiger partial charge in [-0.1, -0.05) is 45.8 Å². The monoisotopic (exact) mass is 545 g/mol. The molecule has 0 radical (unpaired) electrons. The van der Waals surface area contributed by atoms with Gasteiger partial charge in [-0.05, 0) is 48.9 Å². The number of hydrogen-bond donors (Lipinski definition) is 1. The smallest absolute Gasteiger partial charge is 0.264 e. The van der Waals surface area contributed by atoms with Crippen LogP contribution in [-0.2, 0) is 14.8 Å². The van der Waals surface area contributed by atoms with E-state index in [1.807, 2.05) is 31.2 Å². The maximum Gasteiger partial charge on any atom is 0.264 e. The molecule has 3 rings (SSSR count). The number of rotatable bonds is 9. The molecule has 0 unspecified atom stereocenters. The first-order chi connectivity index (χ1) is 16.2. The van der Waals surface area contributed by atoms with Crippen molar-refractivity contribution in [1.29, 1.82) is 0 Å². The summed E-state index contributed by atoms with van der Waals surface area (Å²) in [6.45, 7) is 1.34. The lowest BCUT2D eigenvalue weighted by Crippen LogP contribution is -2.39. The van der Waals surface area contributed by atoms with Crippen LogP contribution in [0.1, 0.15) is 11.1 Å². The Balaban J connectivity index is 1.92. The second kappa shape index (κ2) is 11.2. The van der Waals surface area contributed by atoms with Crippen molar-refractivity contribution in [2.45, 2.75) is 11.8 Å². The molecule has 0 heterocycles. The van der Waals surface area contributed by atoms with E-state index in [9.17, 15) is 13.2 Å². The number of benzene rings is 3. The average molecular weight is 546 g/mol. The summed E-state index contributed by atoms with van der Waals surface area (Å²) < 4.78 is 39.6. The maximum absolute atomic E-state index is 13.5. The van der Waals surface area contributed by atoms with Gasteiger partial charge in [0.1, 0.15) is 18.0 Å². The summed E-state index contributed by atoms with van der Waals surface area (Å²) in [5.41, 5.74) is 4.25. The second-order valence-corrected chi connectivity index (χ2v) is 9.99. The van der Waals surface area contributed by atoms with Crippen LogP contribution in [0.5, 0.6) is 11.5 Å². The van der Waals surface area contributed by atoms with Crippen LogP contribution in [-0.4, -0.2) is 41.3 Å². The number of nitrogens with zero attached hydrogens (tertiary/aromatic N) is 2. The van der Waals surface area contributed by atoms with E-state index in [-0.39, 0.29) is 16.3 Å². The van der Waals surface area contributed by atoms with Gasteiger partial charge in [0.05, 0.1) is 31.0 Å². The summed E-state index contributed by atoms with van der Waals surface area (Å²) in [4.78, 5) is 12.8. The van der Waals surface area contributed by atoms with E-state index in [0.717, 1.165) is 19.9 Å². The standard InChI is InChI=1S/C24H24BrN3O5S/c1-17-4-11-21(12-5-17)34(30,31)28(22-13-10-20(32-2)14-23(22)33-3)16-24(29)27-26-15-18-6-8-19(25)9-7-18/h4-15H,16H2,1-3H3,(H,27,29)/b26-15-. The molecule has 0 bridgehead atoms. The molecule has 10 heteroatoms. The van der Waals surface area contributed by atoms with Gasteiger partial charge in [-0.2, -0.15) is 5.10 Å². The van der Waals surface area contributed by atoms with Crippen LogP contribution < -0.4 is 19.2 Å². The molecule has 0 saturated carbocycles. The highest BCUT2D eigenvalue weighted by molar-refractivity contribution is 9.10. The molecule has 178 valence electrons. The number of hydrogen-bond acceptors (Lipinski definition) is 6. The molecule has 0 saturated heterocycles. The maximum atomic E-state index is 13.5. The van der Waals surface area contributed by atoms with E-state index in [2.05, 4.69) is 26.5 Å². The Labute approximate surface area is 207 Å². The lowest BCUT2D eigenvalue weighted by atomic mass is 10.2. The van der Waals surface area contributed by atoms with Gasteiger partial charge in [0.15, 0.2) is 0 Å². The van der Waals surface area contributed by atoms with Gasteiger partial charge < -0.3 is 9.47 Å². The number of ether oxygens (including phenoxy) is 2. The fourth-order valence-electron chi connectivity index (χ4n) is 3.02. The number of nitrogens with one attached hydrogen (secondary N) is 1. The molecule has 0 aliphatic heterocycles. The second-order valence-electron chi connectivity index (χ2n) is 7.21. The summed E-state index contributed by atoms with van der Waals surface area (Å²) in [6, 6.07) is 18.4. The van der Waals surface area contributed by atoms with Crippen molar-refractivity contribution in [3.05, 3.63) is 82.3 Å². The van der Waals surface area contributed by atoms with Crippen LogP contribution in [0, 0.1) is 6.92 Å². The zero-order valence-electron chi connectivity index (χ0n) is 18.9. The normalized spacial score (nSPS) is 11.3. The topological polar surface area (TPSA) is 97.3 Å².